The zero-order valence-corrected chi connectivity index (χ0v) is 9.96. The molecular formula is C10H8N6OS. The van der Waals surface area contributed by atoms with Crippen LogP contribution < -0.4 is 5.32 Å². The van der Waals surface area contributed by atoms with Crippen LogP contribution in [0, 0.1) is 0 Å². The number of benzene rings is 1. The molecule has 7 nitrogen and oxygen atoms in total. The predicted octanol–water partition coefficient (Wildman–Crippen LogP) is 0.513. The molecule has 0 unspecified atom stereocenters. The van der Waals surface area contributed by atoms with Gasteiger partial charge >= 0.3 is 0 Å². The molecule has 0 radical (unpaired) electrons. The molecule has 1 aliphatic heterocycles. The fourth-order valence-electron chi connectivity index (χ4n) is 1.46. The fourth-order valence-corrected chi connectivity index (χ4v) is 2.16. The number of hydrogen-bond acceptors (Lipinski definition) is 6. The van der Waals surface area contributed by atoms with Crippen molar-refractivity contribution in [3.05, 3.63) is 30.6 Å². The average molecular weight is 260 g/mol. The van der Waals surface area contributed by atoms with Gasteiger partial charge in [0.25, 0.3) is 0 Å². The molecule has 1 aromatic carbocycles. The van der Waals surface area contributed by atoms with Gasteiger partial charge < -0.3 is 5.32 Å². The summed E-state index contributed by atoms with van der Waals surface area (Å²) < 4.78 is 1.56. The Labute approximate surface area is 106 Å². The molecule has 0 spiro atoms. The molecule has 0 saturated carbocycles. The van der Waals surface area contributed by atoms with E-state index in [0.29, 0.717) is 10.9 Å². The second-order valence-corrected chi connectivity index (χ2v) is 4.49. The first-order chi connectivity index (χ1) is 8.81. The fraction of sp³-hybridized carbons (Fsp3) is 0.100. The number of amidine groups is 1. The number of thioether (sulfide) groups is 1. The minimum atomic E-state index is -0.0101. The van der Waals surface area contributed by atoms with Crippen LogP contribution in [0.3, 0.4) is 0 Å². The molecule has 3 rings (SSSR count). The Kier molecular flexibility index (Phi) is 2.77. The molecule has 1 N–H and O–H groups in total. The standard InChI is InChI=1S/C10H8N6OS/c17-9-5-18-10(13-9)12-7-1-3-8(4-2-7)16-6-11-14-15-16/h1-4,6H,5H2,(H,12,13,17). The van der Waals surface area contributed by atoms with Crippen LogP contribution in [0.1, 0.15) is 0 Å². The Bertz CT molecular complexity index is 591. The predicted molar refractivity (Wildman–Crippen MR) is 66.8 cm³/mol. The number of rotatable bonds is 2. The van der Waals surface area contributed by atoms with Gasteiger partial charge in [-0.3, -0.25) is 4.79 Å². The molecule has 1 fully saturated rings. The first kappa shape index (κ1) is 10.9. The molecule has 0 atom stereocenters. The van der Waals surface area contributed by atoms with Crippen molar-refractivity contribution in [2.75, 3.05) is 5.75 Å². The van der Waals surface area contributed by atoms with Gasteiger partial charge in [-0.25, -0.2) is 9.67 Å². The molecule has 1 saturated heterocycles. The van der Waals surface area contributed by atoms with Crippen LogP contribution in [0.4, 0.5) is 5.69 Å². The Hall–Kier alpha value is -2.22. The number of hydrogen-bond donors (Lipinski definition) is 1. The highest BCUT2D eigenvalue weighted by Gasteiger charge is 2.16. The van der Waals surface area contributed by atoms with E-state index in [4.69, 9.17) is 0 Å². The molecule has 2 heterocycles. The second kappa shape index (κ2) is 4.57. The molecule has 18 heavy (non-hydrogen) atoms. The number of aliphatic imine (C=N–C) groups is 1. The summed E-state index contributed by atoms with van der Waals surface area (Å²) in [4.78, 5) is 15.3. The number of nitrogens with one attached hydrogen (secondary N) is 1. The van der Waals surface area contributed by atoms with E-state index in [0.717, 1.165) is 11.4 Å². The van der Waals surface area contributed by atoms with Gasteiger partial charge in [-0.05, 0) is 34.7 Å². The lowest BCUT2D eigenvalue weighted by atomic mass is 10.3. The highest BCUT2D eigenvalue weighted by molar-refractivity contribution is 8.15. The number of amides is 1. The Balaban J connectivity index is 1.81. The van der Waals surface area contributed by atoms with E-state index < -0.39 is 0 Å². The summed E-state index contributed by atoms with van der Waals surface area (Å²) >= 11 is 1.40. The lowest BCUT2D eigenvalue weighted by molar-refractivity contribution is -0.116. The molecule has 1 aromatic heterocycles. The molecular weight excluding hydrogens is 252 g/mol. The molecule has 0 bridgehead atoms. The van der Waals surface area contributed by atoms with E-state index in [2.05, 4.69) is 25.8 Å². The molecule has 1 aliphatic rings. The van der Waals surface area contributed by atoms with Crippen LogP contribution in [-0.2, 0) is 4.79 Å². The molecule has 90 valence electrons. The molecule has 0 aliphatic carbocycles. The summed E-state index contributed by atoms with van der Waals surface area (Å²) in [7, 11) is 0. The summed E-state index contributed by atoms with van der Waals surface area (Å²) in [6, 6.07) is 7.40. The maximum Gasteiger partial charge on any atom is 0.236 e. The van der Waals surface area contributed by atoms with Crippen molar-refractivity contribution >= 4 is 28.5 Å². The van der Waals surface area contributed by atoms with Crippen molar-refractivity contribution < 1.29 is 4.79 Å². The van der Waals surface area contributed by atoms with E-state index >= 15 is 0 Å². The van der Waals surface area contributed by atoms with E-state index in [1.165, 1.54) is 18.1 Å². The van der Waals surface area contributed by atoms with Gasteiger partial charge in [0.2, 0.25) is 5.91 Å². The Morgan fingerprint density at radius 2 is 2.17 bits per heavy atom. The Morgan fingerprint density at radius 1 is 1.33 bits per heavy atom. The number of nitrogens with zero attached hydrogens (tertiary/aromatic N) is 5. The van der Waals surface area contributed by atoms with Crippen LogP contribution in [0.15, 0.2) is 35.6 Å². The quantitative estimate of drug-likeness (QED) is 0.850. The van der Waals surface area contributed by atoms with Gasteiger partial charge in [0.15, 0.2) is 5.17 Å². The second-order valence-electron chi connectivity index (χ2n) is 3.52. The maximum absolute atomic E-state index is 11.0. The summed E-state index contributed by atoms with van der Waals surface area (Å²) in [5.74, 6) is 0.422. The third-order valence-electron chi connectivity index (χ3n) is 2.28. The number of tetrazole rings is 1. The van der Waals surface area contributed by atoms with Crippen LogP contribution in [-0.4, -0.2) is 37.0 Å². The van der Waals surface area contributed by atoms with Crippen LogP contribution in [0.25, 0.3) is 5.69 Å². The van der Waals surface area contributed by atoms with Crippen molar-refractivity contribution in [1.82, 2.24) is 25.5 Å². The van der Waals surface area contributed by atoms with E-state index in [1.807, 2.05) is 24.3 Å². The third kappa shape index (κ3) is 2.23. The van der Waals surface area contributed by atoms with Gasteiger partial charge in [-0.1, -0.05) is 11.8 Å². The highest BCUT2D eigenvalue weighted by atomic mass is 32.2. The van der Waals surface area contributed by atoms with E-state index in [9.17, 15) is 4.79 Å². The first-order valence-corrected chi connectivity index (χ1v) is 6.14. The topological polar surface area (TPSA) is 85.1 Å². The third-order valence-corrected chi connectivity index (χ3v) is 3.15. The summed E-state index contributed by atoms with van der Waals surface area (Å²) in [6.07, 6.45) is 1.52. The van der Waals surface area contributed by atoms with Gasteiger partial charge in [0.1, 0.15) is 6.33 Å². The van der Waals surface area contributed by atoms with Crippen molar-refractivity contribution in [3.8, 4) is 5.69 Å². The Morgan fingerprint density at radius 3 is 2.78 bits per heavy atom. The van der Waals surface area contributed by atoms with Crippen molar-refractivity contribution in [2.24, 2.45) is 4.99 Å². The largest absolute Gasteiger partial charge is 0.304 e. The van der Waals surface area contributed by atoms with Crippen molar-refractivity contribution in [2.45, 2.75) is 0 Å². The molecule has 8 heteroatoms. The smallest absolute Gasteiger partial charge is 0.236 e. The van der Waals surface area contributed by atoms with Gasteiger partial charge in [0.05, 0.1) is 17.1 Å². The van der Waals surface area contributed by atoms with Gasteiger partial charge in [-0.2, -0.15) is 0 Å². The lowest BCUT2D eigenvalue weighted by Crippen LogP contribution is -2.19. The first-order valence-electron chi connectivity index (χ1n) is 5.16. The van der Waals surface area contributed by atoms with Crippen LogP contribution >= 0.6 is 11.8 Å². The van der Waals surface area contributed by atoms with Crippen LogP contribution in [0.2, 0.25) is 0 Å². The van der Waals surface area contributed by atoms with Gasteiger partial charge in [0, 0.05) is 0 Å². The van der Waals surface area contributed by atoms with Crippen molar-refractivity contribution in [1.29, 1.82) is 0 Å². The normalized spacial score (nSPS) is 17.1. The van der Waals surface area contributed by atoms with Crippen LogP contribution in [0.5, 0.6) is 0 Å². The SMILES string of the molecule is O=C1CSC(=Nc2ccc(-n3cnnn3)cc2)N1. The summed E-state index contributed by atoms with van der Waals surface area (Å²) in [5, 5.41) is 14.2. The average Bonchev–Trinajstić information content (AvgIpc) is 3.02. The number of aromatic nitrogens is 4. The zero-order valence-electron chi connectivity index (χ0n) is 9.15. The van der Waals surface area contributed by atoms with E-state index in [1.54, 1.807) is 4.68 Å². The minimum Gasteiger partial charge on any atom is -0.304 e. The van der Waals surface area contributed by atoms with Crippen molar-refractivity contribution in [3.63, 3.8) is 0 Å². The monoisotopic (exact) mass is 260 g/mol. The molecule has 2 aromatic rings. The minimum absolute atomic E-state index is 0.0101. The summed E-state index contributed by atoms with van der Waals surface area (Å²) in [6.45, 7) is 0. The number of carbonyl (C=O) groups is 1. The highest BCUT2D eigenvalue weighted by Crippen LogP contribution is 2.18. The zero-order chi connectivity index (χ0) is 12.4. The molecule has 1 amide bonds. The van der Waals surface area contributed by atoms with E-state index in [-0.39, 0.29) is 5.91 Å². The lowest BCUT2D eigenvalue weighted by Gasteiger charge is -2.00. The van der Waals surface area contributed by atoms with Gasteiger partial charge in [-0.15, -0.1) is 5.10 Å². The summed E-state index contributed by atoms with van der Waals surface area (Å²) in [5.41, 5.74) is 1.63. The maximum atomic E-state index is 11.0. The number of carbonyl (C=O) groups excluding carboxylic acids is 1.